The summed E-state index contributed by atoms with van der Waals surface area (Å²) in [6.45, 7) is 2.18. The van der Waals surface area contributed by atoms with Gasteiger partial charge in [-0.15, -0.1) is 0 Å². The van der Waals surface area contributed by atoms with Gasteiger partial charge in [-0.2, -0.15) is 0 Å². The van der Waals surface area contributed by atoms with E-state index < -0.39 is 0 Å². The van der Waals surface area contributed by atoms with E-state index in [2.05, 4.69) is 15.9 Å². The topological polar surface area (TPSA) is 35.5 Å². The van der Waals surface area contributed by atoms with Gasteiger partial charge in [-0.1, -0.05) is 46.3 Å². The number of rotatable bonds is 6. The molecule has 0 radical (unpaired) electrons. The van der Waals surface area contributed by atoms with Gasteiger partial charge in [0.1, 0.15) is 11.5 Å². The molecule has 3 nitrogen and oxygen atoms in total. The summed E-state index contributed by atoms with van der Waals surface area (Å²) in [7, 11) is 0. The third-order valence-electron chi connectivity index (χ3n) is 2.92. The number of para-hydroxylation sites is 1. The SMILES string of the molecule is CCOC(=O)Cc1ccccc1Oc1ccc(CBr)cc1. The van der Waals surface area contributed by atoms with Crippen LogP contribution < -0.4 is 4.74 Å². The molecule has 0 aromatic heterocycles. The van der Waals surface area contributed by atoms with Crippen LogP contribution in [0, 0.1) is 0 Å². The third-order valence-corrected chi connectivity index (χ3v) is 3.57. The number of ether oxygens (including phenoxy) is 2. The van der Waals surface area contributed by atoms with E-state index in [1.54, 1.807) is 6.92 Å². The summed E-state index contributed by atoms with van der Waals surface area (Å²) >= 11 is 3.41. The number of hydrogen-bond acceptors (Lipinski definition) is 3. The first kappa shape index (κ1) is 15.6. The van der Waals surface area contributed by atoms with Crippen molar-refractivity contribution in [3.63, 3.8) is 0 Å². The molecule has 0 unspecified atom stereocenters. The Bertz CT molecular complexity index is 593. The van der Waals surface area contributed by atoms with Crippen LogP contribution in [0.2, 0.25) is 0 Å². The molecule has 0 saturated carbocycles. The second-order valence-corrected chi connectivity index (χ2v) is 5.03. The number of carbonyl (C=O) groups excluding carboxylic acids is 1. The van der Waals surface area contributed by atoms with Crippen molar-refractivity contribution in [2.24, 2.45) is 0 Å². The summed E-state index contributed by atoms with van der Waals surface area (Å²) in [4.78, 5) is 11.6. The van der Waals surface area contributed by atoms with Gasteiger partial charge >= 0.3 is 5.97 Å². The maximum atomic E-state index is 11.6. The van der Waals surface area contributed by atoms with Gasteiger partial charge in [0.15, 0.2) is 0 Å². The second kappa shape index (κ2) is 7.84. The van der Waals surface area contributed by atoms with Crippen LogP contribution in [0.15, 0.2) is 48.5 Å². The normalized spacial score (nSPS) is 10.2. The second-order valence-electron chi connectivity index (χ2n) is 4.47. The Morgan fingerprint density at radius 2 is 1.81 bits per heavy atom. The first-order valence-electron chi connectivity index (χ1n) is 6.79. The van der Waals surface area contributed by atoms with Crippen molar-refractivity contribution in [1.29, 1.82) is 0 Å². The zero-order valence-electron chi connectivity index (χ0n) is 11.8. The van der Waals surface area contributed by atoms with Crippen LogP contribution in [0.25, 0.3) is 0 Å². The largest absolute Gasteiger partial charge is 0.466 e. The smallest absolute Gasteiger partial charge is 0.310 e. The maximum absolute atomic E-state index is 11.6. The molecule has 0 aliphatic carbocycles. The molecule has 110 valence electrons. The molecule has 0 aliphatic heterocycles. The fraction of sp³-hybridized carbons (Fsp3) is 0.235. The van der Waals surface area contributed by atoms with Gasteiger partial charge in [0, 0.05) is 10.9 Å². The molecule has 0 N–H and O–H groups in total. The molecule has 0 spiro atoms. The van der Waals surface area contributed by atoms with Gasteiger partial charge in [-0.3, -0.25) is 4.79 Å². The Hall–Kier alpha value is -1.81. The quantitative estimate of drug-likeness (QED) is 0.570. The molecule has 0 amide bonds. The number of alkyl halides is 1. The Labute approximate surface area is 133 Å². The minimum atomic E-state index is -0.247. The van der Waals surface area contributed by atoms with E-state index in [0.717, 1.165) is 16.6 Å². The number of hydrogen-bond donors (Lipinski definition) is 0. The molecule has 0 aliphatic rings. The van der Waals surface area contributed by atoms with Crippen molar-refractivity contribution in [3.8, 4) is 11.5 Å². The molecule has 0 fully saturated rings. The van der Waals surface area contributed by atoms with Crippen LogP contribution in [0.4, 0.5) is 0 Å². The Balaban J connectivity index is 2.13. The lowest BCUT2D eigenvalue weighted by Gasteiger charge is -2.11. The number of esters is 1. The van der Waals surface area contributed by atoms with Crippen LogP contribution in [-0.2, 0) is 21.3 Å². The van der Waals surface area contributed by atoms with Crippen LogP contribution in [-0.4, -0.2) is 12.6 Å². The van der Waals surface area contributed by atoms with Crippen LogP contribution >= 0.6 is 15.9 Å². The molecule has 0 bridgehead atoms. The summed E-state index contributed by atoms with van der Waals surface area (Å²) in [6, 6.07) is 15.3. The van der Waals surface area contributed by atoms with Crippen molar-refractivity contribution in [3.05, 3.63) is 59.7 Å². The molecule has 21 heavy (non-hydrogen) atoms. The fourth-order valence-electron chi connectivity index (χ4n) is 1.89. The summed E-state index contributed by atoms with van der Waals surface area (Å²) < 4.78 is 10.8. The summed E-state index contributed by atoms with van der Waals surface area (Å²) in [6.07, 6.45) is 0.212. The summed E-state index contributed by atoms with van der Waals surface area (Å²) in [5.41, 5.74) is 2.00. The number of halogens is 1. The minimum absolute atomic E-state index is 0.212. The van der Waals surface area contributed by atoms with E-state index in [4.69, 9.17) is 9.47 Å². The molecule has 4 heteroatoms. The van der Waals surface area contributed by atoms with Gasteiger partial charge in [0.25, 0.3) is 0 Å². The summed E-state index contributed by atoms with van der Waals surface area (Å²) in [5, 5.41) is 0.812. The third kappa shape index (κ3) is 4.60. The zero-order chi connectivity index (χ0) is 15.1. The van der Waals surface area contributed by atoms with Crippen molar-refractivity contribution in [2.45, 2.75) is 18.7 Å². The lowest BCUT2D eigenvalue weighted by Crippen LogP contribution is -2.08. The average molecular weight is 349 g/mol. The molecular formula is C17H17BrO3. The van der Waals surface area contributed by atoms with E-state index >= 15 is 0 Å². The monoisotopic (exact) mass is 348 g/mol. The highest BCUT2D eigenvalue weighted by molar-refractivity contribution is 9.08. The van der Waals surface area contributed by atoms with Crippen molar-refractivity contribution in [1.82, 2.24) is 0 Å². The highest BCUT2D eigenvalue weighted by Gasteiger charge is 2.10. The lowest BCUT2D eigenvalue weighted by molar-refractivity contribution is -0.142. The lowest BCUT2D eigenvalue weighted by atomic mass is 10.1. The van der Waals surface area contributed by atoms with Gasteiger partial charge in [0.2, 0.25) is 0 Å². The predicted octanol–water partition coefficient (Wildman–Crippen LogP) is 4.48. The van der Waals surface area contributed by atoms with E-state index in [-0.39, 0.29) is 12.4 Å². The van der Waals surface area contributed by atoms with Crippen LogP contribution in [0.1, 0.15) is 18.1 Å². The van der Waals surface area contributed by atoms with Gasteiger partial charge in [0.05, 0.1) is 13.0 Å². The standard InChI is InChI=1S/C17H17BrO3/c1-2-20-17(19)11-14-5-3-4-6-16(14)21-15-9-7-13(12-18)8-10-15/h3-10H,2,11-12H2,1H3. The van der Waals surface area contributed by atoms with Crippen molar-refractivity contribution < 1.29 is 14.3 Å². The van der Waals surface area contributed by atoms with Crippen LogP contribution in [0.5, 0.6) is 11.5 Å². The van der Waals surface area contributed by atoms with E-state index in [0.29, 0.717) is 12.4 Å². The van der Waals surface area contributed by atoms with Gasteiger partial charge < -0.3 is 9.47 Å². The molecule has 2 aromatic rings. The molecule has 2 aromatic carbocycles. The highest BCUT2D eigenvalue weighted by atomic mass is 79.9. The predicted molar refractivity (Wildman–Crippen MR) is 85.9 cm³/mol. The minimum Gasteiger partial charge on any atom is -0.466 e. The molecular weight excluding hydrogens is 332 g/mol. The Morgan fingerprint density at radius 1 is 1.10 bits per heavy atom. The highest BCUT2D eigenvalue weighted by Crippen LogP contribution is 2.26. The number of carbonyl (C=O) groups is 1. The zero-order valence-corrected chi connectivity index (χ0v) is 13.4. The molecule has 0 saturated heterocycles. The summed E-state index contributed by atoms with van der Waals surface area (Å²) in [5.74, 6) is 1.18. The first-order chi connectivity index (χ1) is 10.2. The van der Waals surface area contributed by atoms with Crippen molar-refractivity contribution in [2.75, 3.05) is 6.61 Å². The van der Waals surface area contributed by atoms with Crippen LogP contribution in [0.3, 0.4) is 0 Å². The van der Waals surface area contributed by atoms with E-state index in [1.165, 1.54) is 5.56 Å². The Kier molecular flexibility index (Phi) is 5.81. The molecule has 2 rings (SSSR count). The number of benzene rings is 2. The van der Waals surface area contributed by atoms with Crippen molar-refractivity contribution >= 4 is 21.9 Å². The molecule has 0 heterocycles. The van der Waals surface area contributed by atoms with Gasteiger partial charge in [-0.05, 0) is 30.7 Å². The average Bonchev–Trinajstić information content (AvgIpc) is 2.50. The Morgan fingerprint density at radius 3 is 2.48 bits per heavy atom. The fourth-order valence-corrected chi connectivity index (χ4v) is 2.26. The van der Waals surface area contributed by atoms with Gasteiger partial charge in [-0.25, -0.2) is 0 Å². The van der Waals surface area contributed by atoms with E-state index in [9.17, 15) is 4.79 Å². The maximum Gasteiger partial charge on any atom is 0.310 e. The first-order valence-corrected chi connectivity index (χ1v) is 7.91. The molecule has 0 atom stereocenters. The van der Waals surface area contributed by atoms with E-state index in [1.807, 2.05) is 48.5 Å².